The average Bonchev–Trinajstić information content (AvgIpc) is 3.35. The van der Waals surface area contributed by atoms with Gasteiger partial charge in [-0.25, -0.2) is 4.79 Å². The van der Waals surface area contributed by atoms with E-state index < -0.39 is 55.2 Å². The number of alkyl carbamates (subject to hydrolysis) is 1. The van der Waals surface area contributed by atoms with Crippen molar-refractivity contribution in [2.24, 2.45) is 0 Å². The third-order valence-corrected chi connectivity index (χ3v) is 13.3. The largest absolute Gasteiger partial charge is 0.445 e. The summed E-state index contributed by atoms with van der Waals surface area (Å²) in [5.74, 6) is -0.890. The standard InChI is InChI=1S/C56H93N3O9/c1-3-5-7-9-11-13-15-16-17-18-19-21-23-25-27-35-41-59(50(61)40-34-26-24-22-20-14-12-10-8-6-4-2)55-51(53(63)52(62)49(42-60)68-55)58-54(64)48(45-66-43-46-36-30-28-31-37-46)57-56(65)67-44-47-38-32-29-33-39-47/h28-33,36-39,48-49,51-53,55,60,62-63H,3-27,34-35,40-45H2,1-2H3,(H,57,65)(H,58,64)/t48-,49+,51+,52+,53+,55+/m0/s1. The molecular weight excluding hydrogens is 859 g/mol. The fraction of sp³-hybridized carbons (Fsp3) is 0.732. The summed E-state index contributed by atoms with van der Waals surface area (Å²) < 4.78 is 17.7. The van der Waals surface area contributed by atoms with Crippen molar-refractivity contribution in [1.29, 1.82) is 0 Å². The minimum absolute atomic E-state index is 0.0204. The maximum absolute atomic E-state index is 14.3. The highest BCUT2D eigenvalue weighted by atomic mass is 16.6. The Bertz CT molecular complexity index is 1550. The van der Waals surface area contributed by atoms with E-state index in [9.17, 15) is 29.7 Å². The van der Waals surface area contributed by atoms with Gasteiger partial charge in [0.15, 0.2) is 6.23 Å². The Balaban J connectivity index is 1.66. The molecule has 5 N–H and O–H groups in total. The molecule has 0 aliphatic carbocycles. The highest BCUT2D eigenvalue weighted by molar-refractivity contribution is 5.86. The zero-order valence-corrected chi connectivity index (χ0v) is 42.3. The van der Waals surface area contributed by atoms with Gasteiger partial charge in [0.2, 0.25) is 11.8 Å². The Morgan fingerprint density at radius 1 is 0.603 bits per heavy atom. The second-order valence-corrected chi connectivity index (χ2v) is 19.2. The van der Waals surface area contributed by atoms with Crippen LogP contribution < -0.4 is 10.6 Å². The predicted molar refractivity (Wildman–Crippen MR) is 272 cm³/mol. The zero-order valence-electron chi connectivity index (χ0n) is 42.3. The predicted octanol–water partition coefficient (Wildman–Crippen LogP) is 11.2. The summed E-state index contributed by atoms with van der Waals surface area (Å²) in [5, 5.41) is 38.5. The van der Waals surface area contributed by atoms with Gasteiger partial charge in [-0.3, -0.25) is 9.59 Å². The molecule has 1 aliphatic rings. The number of carbonyl (C=O) groups is 3. The number of hydrogen-bond donors (Lipinski definition) is 5. The van der Waals surface area contributed by atoms with Gasteiger partial charge in [0.25, 0.3) is 0 Å². The van der Waals surface area contributed by atoms with Crippen LogP contribution in [0.1, 0.15) is 205 Å². The normalized spacial score (nSPS) is 18.5. The van der Waals surface area contributed by atoms with Crippen LogP contribution >= 0.6 is 0 Å². The summed E-state index contributed by atoms with van der Waals surface area (Å²) in [4.78, 5) is 43.2. The number of nitrogens with one attached hydrogen (secondary N) is 2. The molecule has 0 spiro atoms. The van der Waals surface area contributed by atoms with E-state index in [0.29, 0.717) is 19.4 Å². The van der Waals surface area contributed by atoms with E-state index in [4.69, 9.17) is 14.2 Å². The van der Waals surface area contributed by atoms with Crippen LogP contribution in [0.5, 0.6) is 0 Å². The molecular formula is C56H93N3O9. The van der Waals surface area contributed by atoms with E-state index in [2.05, 4.69) is 24.5 Å². The molecule has 0 radical (unpaired) electrons. The smallest absolute Gasteiger partial charge is 0.408 e. The van der Waals surface area contributed by atoms with Crippen LogP contribution in [0, 0.1) is 0 Å². The van der Waals surface area contributed by atoms with Crippen molar-refractivity contribution in [3.8, 4) is 0 Å². The number of aliphatic hydroxyl groups is 3. The highest BCUT2D eigenvalue weighted by Gasteiger charge is 2.48. The Labute approximate surface area is 411 Å². The molecule has 386 valence electrons. The van der Waals surface area contributed by atoms with E-state index in [1.165, 1.54) is 122 Å². The number of amides is 3. The summed E-state index contributed by atoms with van der Waals surface area (Å²) in [6.45, 7) is 4.13. The van der Waals surface area contributed by atoms with Gasteiger partial charge in [0, 0.05) is 13.0 Å². The van der Waals surface area contributed by atoms with Gasteiger partial charge in [-0.2, -0.15) is 0 Å². The van der Waals surface area contributed by atoms with Crippen LogP contribution in [-0.4, -0.2) is 94.5 Å². The van der Waals surface area contributed by atoms with Gasteiger partial charge >= 0.3 is 6.09 Å². The van der Waals surface area contributed by atoms with E-state index in [0.717, 1.165) is 49.7 Å². The molecule has 3 rings (SSSR count). The molecule has 68 heavy (non-hydrogen) atoms. The Morgan fingerprint density at radius 3 is 1.51 bits per heavy atom. The third kappa shape index (κ3) is 25.3. The molecule has 0 saturated carbocycles. The molecule has 2 aromatic rings. The lowest BCUT2D eigenvalue weighted by Gasteiger charge is -2.47. The number of nitrogens with zero attached hydrogens (tertiary/aromatic N) is 1. The van der Waals surface area contributed by atoms with Crippen molar-refractivity contribution in [3.05, 3.63) is 71.8 Å². The minimum atomic E-state index is -1.60. The molecule has 1 fully saturated rings. The monoisotopic (exact) mass is 952 g/mol. The van der Waals surface area contributed by atoms with Crippen molar-refractivity contribution < 1.29 is 43.9 Å². The van der Waals surface area contributed by atoms with E-state index >= 15 is 0 Å². The van der Waals surface area contributed by atoms with Gasteiger partial charge in [-0.1, -0.05) is 235 Å². The maximum Gasteiger partial charge on any atom is 0.408 e. The number of unbranched alkanes of at least 4 members (excludes halogenated alkanes) is 25. The molecule has 2 aromatic carbocycles. The molecule has 0 aromatic heterocycles. The quantitative estimate of drug-likeness (QED) is 0.0409. The highest BCUT2D eigenvalue weighted by Crippen LogP contribution is 2.26. The van der Waals surface area contributed by atoms with Crippen molar-refractivity contribution in [2.75, 3.05) is 19.8 Å². The Morgan fingerprint density at radius 2 is 1.04 bits per heavy atom. The molecule has 1 heterocycles. The van der Waals surface area contributed by atoms with Gasteiger partial charge in [0.1, 0.15) is 37.0 Å². The van der Waals surface area contributed by atoms with Crippen LogP contribution in [-0.2, 0) is 37.0 Å². The van der Waals surface area contributed by atoms with Gasteiger partial charge < -0.3 is 45.1 Å². The Hall–Kier alpha value is -3.55. The molecule has 3 amide bonds. The average molecular weight is 952 g/mol. The van der Waals surface area contributed by atoms with E-state index in [1.54, 1.807) is 4.90 Å². The fourth-order valence-electron chi connectivity index (χ4n) is 9.05. The number of aliphatic hydroxyl groups excluding tert-OH is 3. The summed E-state index contributed by atoms with van der Waals surface area (Å²) in [6.07, 6.45) is 26.1. The van der Waals surface area contributed by atoms with Crippen molar-refractivity contribution in [3.63, 3.8) is 0 Å². The number of benzene rings is 2. The van der Waals surface area contributed by atoms with Crippen LogP contribution in [0.3, 0.4) is 0 Å². The third-order valence-electron chi connectivity index (χ3n) is 13.3. The van der Waals surface area contributed by atoms with Crippen LogP contribution in [0.4, 0.5) is 4.79 Å². The van der Waals surface area contributed by atoms with Gasteiger partial charge in [-0.05, 0) is 24.0 Å². The lowest BCUT2D eigenvalue weighted by Crippen LogP contribution is -2.70. The summed E-state index contributed by atoms with van der Waals surface area (Å²) in [6, 6.07) is 16.0. The maximum atomic E-state index is 14.3. The number of carbonyl (C=O) groups excluding carboxylic acids is 3. The van der Waals surface area contributed by atoms with Crippen molar-refractivity contribution in [1.82, 2.24) is 15.5 Å². The lowest BCUT2D eigenvalue weighted by atomic mass is 9.94. The van der Waals surface area contributed by atoms with E-state index in [1.807, 2.05) is 60.7 Å². The molecule has 0 bridgehead atoms. The van der Waals surface area contributed by atoms with Crippen molar-refractivity contribution in [2.45, 2.75) is 243 Å². The van der Waals surface area contributed by atoms with Crippen LogP contribution in [0.25, 0.3) is 0 Å². The lowest BCUT2D eigenvalue weighted by molar-refractivity contribution is -0.231. The molecule has 6 atom stereocenters. The van der Waals surface area contributed by atoms with Crippen LogP contribution in [0.2, 0.25) is 0 Å². The second-order valence-electron chi connectivity index (χ2n) is 19.2. The summed E-state index contributed by atoms with van der Waals surface area (Å²) >= 11 is 0. The first-order chi connectivity index (χ1) is 33.3. The fourth-order valence-corrected chi connectivity index (χ4v) is 9.05. The van der Waals surface area contributed by atoms with Gasteiger partial charge in [0.05, 0.1) is 19.8 Å². The van der Waals surface area contributed by atoms with Gasteiger partial charge in [-0.15, -0.1) is 0 Å². The first-order valence-electron chi connectivity index (χ1n) is 27.1. The SMILES string of the molecule is CCCCCCCCCCCCCCCCCCN(C(=O)CCCCCCCCCCCCC)[C@@H]1O[C@H](CO)[C@@H](O)[C@H](O)[C@H]1NC(=O)[C@H](COCc1ccccc1)NC(=O)OCc1ccccc1. The number of ether oxygens (including phenoxy) is 3. The van der Waals surface area contributed by atoms with Crippen molar-refractivity contribution >= 4 is 17.9 Å². The molecule has 12 nitrogen and oxygen atoms in total. The Kier molecular flexibility index (Phi) is 33.0. The van der Waals surface area contributed by atoms with E-state index in [-0.39, 0.29) is 32.1 Å². The minimum Gasteiger partial charge on any atom is -0.445 e. The number of rotatable bonds is 40. The summed E-state index contributed by atoms with van der Waals surface area (Å²) in [5.41, 5.74) is 1.64. The topological polar surface area (TPSA) is 167 Å². The van der Waals surface area contributed by atoms with Crippen LogP contribution in [0.15, 0.2) is 60.7 Å². The molecule has 1 aliphatic heterocycles. The summed E-state index contributed by atoms with van der Waals surface area (Å²) in [7, 11) is 0. The molecule has 0 unspecified atom stereocenters. The first-order valence-corrected chi connectivity index (χ1v) is 27.1. The molecule has 12 heteroatoms. The first kappa shape index (κ1) is 58.8. The number of hydrogen-bond acceptors (Lipinski definition) is 9. The molecule has 1 saturated heterocycles. The zero-order chi connectivity index (χ0) is 48.9. The second kappa shape index (κ2) is 38.2.